The minimum atomic E-state index is -0.201. The minimum absolute atomic E-state index is 0.159. The lowest BCUT2D eigenvalue weighted by molar-refractivity contribution is -0.122. The molecule has 4 fully saturated rings. The van der Waals surface area contributed by atoms with Crippen molar-refractivity contribution < 1.29 is 4.79 Å². The Kier molecular flexibility index (Phi) is 4.90. The molecule has 0 radical (unpaired) electrons. The Balaban J connectivity index is 1.69. The average molecular weight is 329 g/mol. The molecule has 4 bridgehead atoms. The monoisotopic (exact) mass is 329 g/mol. The van der Waals surface area contributed by atoms with E-state index in [9.17, 15) is 10.1 Å². The van der Waals surface area contributed by atoms with Crippen molar-refractivity contribution in [3.8, 4) is 6.07 Å². The van der Waals surface area contributed by atoms with Crippen LogP contribution in [0.1, 0.15) is 59.3 Å². The number of carbonyl (C=O) groups excluding carboxylic acids is 1. The molecule has 1 unspecified atom stereocenters. The standard InChI is InChI=1S/C20H31N3O/c1-4-23(5-2)13-18(12-21)19(24)22-14(3)20-9-15-6-16(10-20)8-17(7-15)11-20/h13-17H,4-11H2,1-3H3,(H,22,24)/b18-13-. The highest BCUT2D eigenvalue weighted by molar-refractivity contribution is 5.97. The SMILES string of the molecule is CCN(/C=C(/C#N)C(=O)NC(C)C12CC3CC(CC(C3)C1)C2)CC. The summed E-state index contributed by atoms with van der Waals surface area (Å²) in [6.07, 6.45) is 9.73. The van der Waals surface area contributed by atoms with Gasteiger partial charge in [0.15, 0.2) is 0 Å². The molecule has 0 spiro atoms. The highest BCUT2D eigenvalue weighted by Crippen LogP contribution is 2.61. The van der Waals surface area contributed by atoms with Crippen molar-refractivity contribution in [1.29, 1.82) is 5.26 Å². The van der Waals surface area contributed by atoms with Crippen LogP contribution in [-0.4, -0.2) is 29.9 Å². The van der Waals surface area contributed by atoms with E-state index in [1.165, 1.54) is 38.5 Å². The zero-order valence-corrected chi connectivity index (χ0v) is 15.3. The molecule has 1 atom stereocenters. The predicted molar refractivity (Wildman–Crippen MR) is 94.8 cm³/mol. The normalized spacial score (nSPS) is 35.4. The van der Waals surface area contributed by atoms with E-state index in [0.717, 1.165) is 30.8 Å². The third-order valence-electron chi connectivity index (χ3n) is 6.84. The zero-order chi connectivity index (χ0) is 17.3. The maximum Gasteiger partial charge on any atom is 0.263 e. The number of hydrogen-bond acceptors (Lipinski definition) is 3. The van der Waals surface area contributed by atoms with Gasteiger partial charge in [-0.25, -0.2) is 0 Å². The summed E-state index contributed by atoms with van der Waals surface area (Å²) in [6.45, 7) is 7.84. The number of nitriles is 1. The van der Waals surface area contributed by atoms with Gasteiger partial charge < -0.3 is 10.2 Å². The molecule has 132 valence electrons. The second-order valence-electron chi connectivity index (χ2n) is 8.35. The van der Waals surface area contributed by atoms with Crippen LogP contribution in [0.25, 0.3) is 0 Å². The second-order valence-corrected chi connectivity index (χ2v) is 8.35. The summed E-state index contributed by atoms with van der Waals surface area (Å²) in [6, 6.07) is 2.25. The van der Waals surface area contributed by atoms with E-state index < -0.39 is 0 Å². The van der Waals surface area contributed by atoms with Crippen molar-refractivity contribution in [2.75, 3.05) is 13.1 Å². The molecular weight excluding hydrogens is 298 g/mol. The van der Waals surface area contributed by atoms with E-state index in [2.05, 4.69) is 18.3 Å². The van der Waals surface area contributed by atoms with Gasteiger partial charge in [0.05, 0.1) is 0 Å². The van der Waals surface area contributed by atoms with Crippen molar-refractivity contribution in [1.82, 2.24) is 10.2 Å². The van der Waals surface area contributed by atoms with Crippen LogP contribution in [0.2, 0.25) is 0 Å². The smallest absolute Gasteiger partial charge is 0.263 e. The van der Waals surface area contributed by atoms with Crippen LogP contribution in [0, 0.1) is 34.5 Å². The average Bonchev–Trinajstić information content (AvgIpc) is 2.54. The van der Waals surface area contributed by atoms with Crippen LogP contribution >= 0.6 is 0 Å². The van der Waals surface area contributed by atoms with E-state index in [4.69, 9.17) is 0 Å². The summed E-state index contributed by atoms with van der Waals surface area (Å²) in [5, 5.41) is 12.6. The Morgan fingerprint density at radius 1 is 1.21 bits per heavy atom. The van der Waals surface area contributed by atoms with Crippen molar-refractivity contribution in [2.24, 2.45) is 23.2 Å². The molecule has 0 aromatic heterocycles. The molecule has 0 heterocycles. The molecule has 4 saturated carbocycles. The molecule has 4 aliphatic rings. The van der Waals surface area contributed by atoms with Gasteiger partial charge in [-0.05, 0) is 82.5 Å². The summed E-state index contributed by atoms with van der Waals surface area (Å²) in [5.41, 5.74) is 0.510. The third kappa shape index (κ3) is 3.18. The predicted octanol–water partition coefficient (Wildman–Crippen LogP) is 3.46. The van der Waals surface area contributed by atoms with Crippen LogP contribution in [0.5, 0.6) is 0 Å². The van der Waals surface area contributed by atoms with Crippen molar-refractivity contribution in [3.63, 3.8) is 0 Å². The topological polar surface area (TPSA) is 56.1 Å². The highest BCUT2D eigenvalue weighted by atomic mass is 16.1. The second kappa shape index (κ2) is 6.78. The lowest BCUT2D eigenvalue weighted by atomic mass is 9.48. The van der Waals surface area contributed by atoms with Crippen LogP contribution in [-0.2, 0) is 4.79 Å². The fourth-order valence-electron chi connectivity index (χ4n) is 5.86. The minimum Gasteiger partial charge on any atom is -0.377 e. The molecule has 1 N–H and O–H groups in total. The van der Waals surface area contributed by atoms with E-state index in [1.807, 2.05) is 18.7 Å². The quantitative estimate of drug-likeness (QED) is 0.600. The van der Waals surface area contributed by atoms with Crippen LogP contribution in [0.3, 0.4) is 0 Å². The number of hydrogen-bond donors (Lipinski definition) is 1. The largest absolute Gasteiger partial charge is 0.377 e. The summed E-state index contributed by atoms with van der Waals surface area (Å²) < 4.78 is 0. The van der Waals surface area contributed by atoms with Gasteiger partial charge in [-0.1, -0.05) is 0 Å². The zero-order valence-electron chi connectivity index (χ0n) is 15.3. The van der Waals surface area contributed by atoms with Crippen LogP contribution in [0.15, 0.2) is 11.8 Å². The van der Waals surface area contributed by atoms with Gasteiger partial charge >= 0.3 is 0 Å². The van der Waals surface area contributed by atoms with Crippen molar-refractivity contribution in [2.45, 2.75) is 65.3 Å². The molecule has 1 amide bonds. The van der Waals surface area contributed by atoms with Gasteiger partial charge in [0, 0.05) is 25.3 Å². The Hall–Kier alpha value is -1.50. The Labute approximate surface area is 146 Å². The van der Waals surface area contributed by atoms with Gasteiger partial charge in [-0.2, -0.15) is 5.26 Å². The third-order valence-corrected chi connectivity index (χ3v) is 6.84. The van der Waals surface area contributed by atoms with Crippen LogP contribution < -0.4 is 5.32 Å². The fourth-order valence-corrected chi connectivity index (χ4v) is 5.86. The maximum absolute atomic E-state index is 12.6. The summed E-state index contributed by atoms with van der Waals surface area (Å²) in [5.74, 6) is 2.42. The molecule has 4 aliphatic carbocycles. The number of rotatable bonds is 6. The Morgan fingerprint density at radius 3 is 2.12 bits per heavy atom. The Bertz CT molecular complexity index is 520. The molecule has 0 aromatic carbocycles. The first kappa shape index (κ1) is 17.3. The van der Waals surface area contributed by atoms with Gasteiger partial charge in [-0.3, -0.25) is 4.79 Å². The molecule has 4 nitrogen and oxygen atoms in total. The molecule has 24 heavy (non-hydrogen) atoms. The first-order valence-electron chi connectivity index (χ1n) is 9.66. The van der Waals surface area contributed by atoms with Crippen molar-refractivity contribution >= 4 is 5.91 Å². The molecule has 4 heteroatoms. The van der Waals surface area contributed by atoms with Gasteiger partial charge in [0.1, 0.15) is 11.6 Å². The number of carbonyl (C=O) groups is 1. The summed E-state index contributed by atoms with van der Waals surface area (Å²) in [4.78, 5) is 14.6. The summed E-state index contributed by atoms with van der Waals surface area (Å²) in [7, 11) is 0. The van der Waals surface area contributed by atoms with E-state index in [1.54, 1.807) is 6.20 Å². The number of nitrogens with one attached hydrogen (secondary N) is 1. The lowest BCUT2D eigenvalue weighted by Crippen LogP contribution is -2.56. The molecular formula is C20H31N3O. The molecule has 4 rings (SSSR count). The fraction of sp³-hybridized carbons (Fsp3) is 0.800. The van der Waals surface area contributed by atoms with Gasteiger partial charge in [0.2, 0.25) is 0 Å². The lowest BCUT2D eigenvalue weighted by Gasteiger charge is -2.59. The highest BCUT2D eigenvalue weighted by Gasteiger charge is 2.53. The molecule has 0 aromatic rings. The van der Waals surface area contributed by atoms with E-state index >= 15 is 0 Å². The van der Waals surface area contributed by atoms with E-state index in [0.29, 0.717) is 0 Å². The summed E-state index contributed by atoms with van der Waals surface area (Å²) >= 11 is 0. The van der Waals surface area contributed by atoms with Gasteiger partial charge in [0.25, 0.3) is 5.91 Å². The Morgan fingerprint density at radius 2 is 1.71 bits per heavy atom. The first-order chi connectivity index (χ1) is 11.5. The van der Waals surface area contributed by atoms with E-state index in [-0.39, 0.29) is 22.9 Å². The first-order valence-corrected chi connectivity index (χ1v) is 9.66. The molecule has 0 saturated heterocycles. The molecule has 0 aliphatic heterocycles. The van der Waals surface area contributed by atoms with Crippen LogP contribution in [0.4, 0.5) is 0 Å². The maximum atomic E-state index is 12.6. The number of nitrogens with zero attached hydrogens (tertiary/aromatic N) is 2. The number of amides is 1. The van der Waals surface area contributed by atoms with Crippen molar-refractivity contribution in [3.05, 3.63) is 11.8 Å². The van der Waals surface area contributed by atoms with Gasteiger partial charge in [-0.15, -0.1) is 0 Å².